The van der Waals surface area contributed by atoms with Gasteiger partial charge in [-0.2, -0.15) is 5.10 Å². The number of amides is 1. The molecule has 32 heavy (non-hydrogen) atoms. The quantitative estimate of drug-likeness (QED) is 0.517. The number of aryl methyl sites for hydroxylation is 3. The Morgan fingerprint density at radius 1 is 1.34 bits per heavy atom. The van der Waals surface area contributed by atoms with Crippen LogP contribution in [0.4, 0.5) is 5.82 Å². The summed E-state index contributed by atoms with van der Waals surface area (Å²) in [4.78, 5) is 28.5. The predicted molar refractivity (Wildman–Crippen MR) is 119 cm³/mol. The first-order valence-electron chi connectivity index (χ1n) is 11.4. The van der Waals surface area contributed by atoms with E-state index in [2.05, 4.69) is 27.9 Å². The molecular weight excluding hydrogens is 410 g/mol. The van der Waals surface area contributed by atoms with E-state index in [-0.39, 0.29) is 12.5 Å². The summed E-state index contributed by atoms with van der Waals surface area (Å²) in [5.74, 6) is 0.146. The summed E-state index contributed by atoms with van der Waals surface area (Å²) in [6, 6.07) is 4.90. The van der Waals surface area contributed by atoms with Crippen molar-refractivity contribution >= 4 is 17.7 Å². The maximum absolute atomic E-state index is 12.2. The number of carboxylic acid groups (broad SMARTS) is 1. The number of carbonyl (C=O) groups excluding carboxylic acids is 1. The van der Waals surface area contributed by atoms with Gasteiger partial charge in [-0.25, -0.2) is 9.78 Å². The number of aromatic nitrogens is 3. The monoisotopic (exact) mass is 441 g/mol. The third-order valence-electron chi connectivity index (χ3n) is 6.37. The molecule has 9 nitrogen and oxygen atoms in total. The average molecular weight is 442 g/mol. The largest absolute Gasteiger partial charge is 0.480 e. The highest BCUT2D eigenvalue weighted by Gasteiger charge is 2.30. The number of carbonyl (C=O) groups is 2. The smallest absolute Gasteiger partial charge is 0.326 e. The molecule has 172 valence electrons. The zero-order chi connectivity index (χ0) is 22.5. The minimum absolute atomic E-state index is 0.167. The van der Waals surface area contributed by atoms with Crippen molar-refractivity contribution in [1.29, 1.82) is 0 Å². The molecule has 0 radical (unpaired) electrons. The van der Waals surface area contributed by atoms with Gasteiger partial charge in [-0.1, -0.05) is 6.07 Å². The van der Waals surface area contributed by atoms with E-state index in [4.69, 9.17) is 9.72 Å². The maximum atomic E-state index is 12.2. The molecular formula is C23H31N5O4. The maximum Gasteiger partial charge on any atom is 0.326 e. The van der Waals surface area contributed by atoms with Crippen LogP contribution in [-0.4, -0.2) is 57.0 Å². The summed E-state index contributed by atoms with van der Waals surface area (Å²) in [5.41, 5.74) is 2.77. The Hall–Kier alpha value is -2.94. The van der Waals surface area contributed by atoms with E-state index in [1.165, 1.54) is 22.9 Å². The molecule has 1 atom stereocenters. The van der Waals surface area contributed by atoms with Crippen molar-refractivity contribution in [2.24, 2.45) is 13.0 Å². The van der Waals surface area contributed by atoms with Crippen LogP contribution in [0.5, 0.6) is 0 Å². The van der Waals surface area contributed by atoms with Crippen LogP contribution >= 0.6 is 0 Å². The lowest BCUT2D eigenvalue weighted by Gasteiger charge is -2.35. The van der Waals surface area contributed by atoms with E-state index in [0.717, 1.165) is 50.2 Å². The van der Waals surface area contributed by atoms with Crippen LogP contribution in [0.15, 0.2) is 24.4 Å². The Morgan fingerprint density at radius 3 is 2.94 bits per heavy atom. The molecule has 4 rings (SSSR count). The molecule has 0 bridgehead atoms. The first-order valence-corrected chi connectivity index (χ1v) is 11.4. The summed E-state index contributed by atoms with van der Waals surface area (Å²) >= 11 is 0. The van der Waals surface area contributed by atoms with Gasteiger partial charge in [0.1, 0.15) is 17.6 Å². The Balaban J connectivity index is 1.14. The van der Waals surface area contributed by atoms with Gasteiger partial charge < -0.3 is 20.5 Å². The fraction of sp³-hybridized carbons (Fsp3) is 0.565. The lowest BCUT2D eigenvalue weighted by Crippen LogP contribution is -2.42. The third-order valence-corrected chi connectivity index (χ3v) is 6.37. The molecule has 0 saturated heterocycles. The second-order valence-corrected chi connectivity index (χ2v) is 8.70. The molecule has 3 N–H and O–H groups in total. The van der Waals surface area contributed by atoms with Gasteiger partial charge in [0.15, 0.2) is 0 Å². The summed E-state index contributed by atoms with van der Waals surface area (Å²) < 4.78 is 7.27. The van der Waals surface area contributed by atoms with Crippen molar-refractivity contribution < 1.29 is 19.4 Å². The summed E-state index contributed by atoms with van der Waals surface area (Å²) in [5, 5.41) is 19.3. The van der Waals surface area contributed by atoms with Crippen molar-refractivity contribution in [3.8, 4) is 0 Å². The molecule has 2 aromatic heterocycles. The normalized spacial score (nSPS) is 20.5. The molecule has 1 aliphatic heterocycles. The van der Waals surface area contributed by atoms with Crippen LogP contribution in [0, 0.1) is 5.92 Å². The standard InChI is InChI=1S/C23H31N5O4/c1-28-20(8-11-25-28)22(29)27-19(23(30)31)9-12-32-18-13-15(14-18)4-6-17-7-5-16-3-2-10-24-21(16)26-17/h5,7-8,11,15,18-19H,2-4,6,9-10,12-14H2,1H3,(H,24,26)(H,27,29)(H,30,31). The minimum atomic E-state index is -1.07. The summed E-state index contributed by atoms with van der Waals surface area (Å²) in [7, 11) is 1.64. The number of nitrogens with one attached hydrogen (secondary N) is 2. The second kappa shape index (κ2) is 10.1. The van der Waals surface area contributed by atoms with Gasteiger partial charge in [0, 0.05) is 38.5 Å². The van der Waals surface area contributed by atoms with Crippen molar-refractivity contribution in [2.45, 2.75) is 57.1 Å². The Bertz CT molecular complexity index is 954. The van der Waals surface area contributed by atoms with Crippen LogP contribution in [0.3, 0.4) is 0 Å². The molecule has 1 amide bonds. The van der Waals surface area contributed by atoms with Crippen LogP contribution < -0.4 is 10.6 Å². The molecule has 9 heteroatoms. The van der Waals surface area contributed by atoms with E-state index in [0.29, 0.717) is 18.2 Å². The highest BCUT2D eigenvalue weighted by molar-refractivity contribution is 5.95. The number of nitrogens with zero attached hydrogens (tertiary/aromatic N) is 3. The van der Waals surface area contributed by atoms with Gasteiger partial charge in [0.05, 0.1) is 6.10 Å². The molecule has 1 fully saturated rings. The second-order valence-electron chi connectivity index (χ2n) is 8.70. The van der Waals surface area contributed by atoms with Gasteiger partial charge >= 0.3 is 5.97 Å². The first-order chi connectivity index (χ1) is 15.5. The molecule has 1 aliphatic carbocycles. The zero-order valence-corrected chi connectivity index (χ0v) is 18.4. The van der Waals surface area contributed by atoms with Gasteiger partial charge in [-0.15, -0.1) is 0 Å². The van der Waals surface area contributed by atoms with Gasteiger partial charge in [-0.05, 0) is 62.1 Å². The van der Waals surface area contributed by atoms with E-state index in [1.54, 1.807) is 13.1 Å². The Labute approximate surface area is 187 Å². The number of ether oxygens (including phenoxy) is 1. The molecule has 2 aliphatic rings. The van der Waals surface area contributed by atoms with Crippen molar-refractivity contribution in [3.05, 3.63) is 41.3 Å². The first kappa shape index (κ1) is 22.3. The number of hydrogen-bond acceptors (Lipinski definition) is 6. The van der Waals surface area contributed by atoms with Crippen LogP contribution in [-0.2, 0) is 29.4 Å². The summed E-state index contributed by atoms with van der Waals surface area (Å²) in [6.07, 6.45) is 8.20. The molecule has 3 heterocycles. The number of hydrogen-bond donors (Lipinski definition) is 3. The molecule has 0 spiro atoms. The fourth-order valence-corrected chi connectivity index (χ4v) is 4.35. The van der Waals surface area contributed by atoms with Gasteiger partial charge in [-0.3, -0.25) is 9.48 Å². The minimum Gasteiger partial charge on any atom is -0.480 e. The van der Waals surface area contributed by atoms with E-state index >= 15 is 0 Å². The van der Waals surface area contributed by atoms with E-state index in [9.17, 15) is 14.7 Å². The predicted octanol–water partition coefficient (Wildman–Crippen LogP) is 2.17. The number of aliphatic carboxylic acids is 1. The molecule has 1 unspecified atom stereocenters. The van der Waals surface area contributed by atoms with Crippen molar-refractivity contribution in [2.75, 3.05) is 18.5 Å². The van der Waals surface area contributed by atoms with Gasteiger partial charge in [0.2, 0.25) is 0 Å². The van der Waals surface area contributed by atoms with E-state index in [1.807, 2.05) is 0 Å². The third kappa shape index (κ3) is 5.45. The lowest BCUT2D eigenvalue weighted by atomic mass is 9.79. The number of carboxylic acids is 1. The Kier molecular flexibility index (Phi) is 7.04. The number of anilines is 1. The van der Waals surface area contributed by atoms with Crippen LogP contribution in [0.1, 0.15) is 53.8 Å². The van der Waals surface area contributed by atoms with Crippen LogP contribution in [0.2, 0.25) is 0 Å². The highest BCUT2D eigenvalue weighted by atomic mass is 16.5. The van der Waals surface area contributed by atoms with Crippen molar-refractivity contribution in [3.63, 3.8) is 0 Å². The number of pyridine rings is 1. The fourth-order valence-electron chi connectivity index (χ4n) is 4.35. The SMILES string of the molecule is Cn1nccc1C(=O)NC(CCOC1CC(CCc2ccc3c(n2)NCCC3)C1)C(=O)O. The highest BCUT2D eigenvalue weighted by Crippen LogP contribution is 2.34. The molecule has 0 aromatic carbocycles. The zero-order valence-electron chi connectivity index (χ0n) is 18.4. The average Bonchev–Trinajstić information content (AvgIpc) is 3.19. The molecule has 1 saturated carbocycles. The van der Waals surface area contributed by atoms with E-state index < -0.39 is 17.9 Å². The summed E-state index contributed by atoms with van der Waals surface area (Å²) in [6.45, 7) is 1.30. The number of fused-ring (bicyclic) bond motifs is 1. The molecule has 2 aromatic rings. The Morgan fingerprint density at radius 2 is 2.19 bits per heavy atom. The topological polar surface area (TPSA) is 118 Å². The van der Waals surface area contributed by atoms with Crippen LogP contribution in [0.25, 0.3) is 0 Å². The van der Waals surface area contributed by atoms with Crippen molar-refractivity contribution in [1.82, 2.24) is 20.1 Å². The lowest BCUT2D eigenvalue weighted by molar-refractivity contribution is -0.140. The van der Waals surface area contributed by atoms with Gasteiger partial charge in [0.25, 0.3) is 5.91 Å². The number of rotatable bonds is 10.